The third kappa shape index (κ3) is 4.27. The van der Waals surface area contributed by atoms with Crippen LogP contribution in [-0.4, -0.2) is 18.4 Å². The van der Waals surface area contributed by atoms with E-state index in [0.29, 0.717) is 0 Å². The zero-order valence-electron chi connectivity index (χ0n) is 13.0. The summed E-state index contributed by atoms with van der Waals surface area (Å²) in [7, 11) is 0. The molecule has 110 valence electrons. The molecule has 1 N–H and O–H groups in total. The first-order chi connectivity index (χ1) is 10.1. The van der Waals surface area contributed by atoms with Gasteiger partial charge in [-0.3, -0.25) is 4.79 Å². The number of rotatable bonds is 6. The fraction of sp³-hybridized carbons (Fsp3) is 0.316. The number of nitrogens with one attached hydrogen (secondary N) is 1. The van der Waals surface area contributed by atoms with Crippen molar-refractivity contribution in [3.63, 3.8) is 0 Å². The fourth-order valence-corrected chi connectivity index (χ4v) is 2.49. The molecule has 0 radical (unpaired) electrons. The van der Waals surface area contributed by atoms with Crippen molar-refractivity contribution in [1.29, 1.82) is 0 Å². The maximum Gasteiger partial charge on any atom is 0.179 e. The summed E-state index contributed by atoms with van der Waals surface area (Å²) < 4.78 is 0. The largest absolute Gasteiger partial charge is 0.307 e. The number of carbonyl (C=O) groups is 1. The molecule has 0 aliphatic rings. The fourth-order valence-electron chi connectivity index (χ4n) is 2.49. The number of aryl methyl sites for hydroxylation is 2. The number of hydrogen-bond donors (Lipinski definition) is 1. The molecule has 0 aliphatic carbocycles. The number of hydrogen-bond acceptors (Lipinski definition) is 2. The van der Waals surface area contributed by atoms with Gasteiger partial charge in [0.25, 0.3) is 0 Å². The van der Waals surface area contributed by atoms with Crippen LogP contribution in [0.25, 0.3) is 0 Å². The molecule has 2 aromatic rings. The summed E-state index contributed by atoms with van der Waals surface area (Å²) in [5.41, 5.74) is 4.35. The van der Waals surface area contributed by atoms with Crippen LogP contribution in [0.4, 0.5) is 0 Å². The summed E-state index contributed by atoms with van der Waals surface area (Å²) in [5.74, 6) is 0.167. The lowest BCUT2D eigenvalue weighted by Gasteiger charge is -2.14. The average molecular weight is 281 g/mol. The van der Waals surface area contributed by atoms with Gasteiger partial charge in [-0.05, 0) is 44.9 Å². The van der Waals surface area contributed by atoms with Gasteiger partial charge in [-0.25, -0.2) is 0 Å². The molecular formula is C19H23NO. The van der Waals surface area contributed by atoms with Gasteiger partial charge in [0, 0.05) is 5.56 Å². The van der Waals surface area contributed by atoms with Crippen molar-refractivity contribution in [3.8, 4) is 0 Å². The minimum atomic E-state index is -0.157. The molecule has 0 saturated heterocycles. The Bertz CT molecular complexity index is 604. The Morgan fingerprint density at radius 3 is 2.48 bits per heavy atom. The third-order valence-electron chi connectivity index (χ3n) is 3.75. The number of Topliss-reactive ketones (excluding diaryl/α,β-unsaturated/α-hetero) is 1. The molecule has 1 unspecified atom stereocenters. The Morgan fingerprint density at radius 2 is 1.81 bits per heavy atom. The molecule has 2 heteroatoms. The van der Waals surface area contributed by atoms with Gasteiger partial charge >= 0.3 is 0 Å². The van der Waals surface area contributed by atoms with Gasteiger partial charge in [-0.1, -0.05) is 54.1 Å². The van der Waals surface area contributed by atoms with Crippen molar-refractivity contribution in [2.75, 3.05) is 6.54 Å². The quantitative estimate of drug-likeness (QED) is 0.818. The van der Waals surface area contributed by atoms with Crippen LogP contribution in [0.2, 0.25) is 0 Å². The van der Waals surface area contributed by atoms with Crippen molar-refractivity contribution >= 4 is 5.78 Å². The maximum absolute atomic E-state index is 12.5. The van der Waals surface area contributed by atoms with E-state index in [-0.39, 0.29) is 11.8 Å². The minimum absolute atomic E-state index is 0.157. The lowest BCUT2D eigenvalue weighted by molar-refractivity contribution is 0.0951. The lowest BCUT2D eigenvalue weighted by Crippen LogP contribution is -2.35. The van der Waals surface area contributed by atoms with Crippen molar-refractivity contribution in [3.05, 3.63) is 70.8 Å². The van der Waals surface area contributed by atoms with E-state index >= 15 is 0 Å². The Morgan fingerprint density at radius 1 is 1.10 bits per heavy atom. The summed E-state index contributed by atoms with van der Waals surface area (Å²) in [4.78, 5) is 12.5. The number of benzene rings is 2. The van der Waals surface area contributed by atoms with Crippen molar-refractivity contribution in [2.45, 2.75) is 33.2 Å². The van der Waals surface area contributed by atoms with Gasteiger partial charge < -0.3 is 5.32 Å². The van der Waals surface area contributed by atoms with E-state index in [9.17, 15) is 4.79 Å². The SMILES string of the molecule is Cc1ccc(C(=O)C(C)NCCc2ccccc2)c(C)c1. The first-order valence-corrected chi connectivity index (χ1v) is 7.46. The topological polar surface area (TPSA) is 29.1 Å². The first-order valence-electron chi connectivity index (χ1n) is 7.46. The zero-order valence-corrected chi connectivity index (χ0v) is 13.0. The predicted octanol–water partition coefficient (Wildman–Crippen LogP) is 3.71. The minimum Gasteiger partial charge on any atom is -0.307 e. The second-order valence-electron chi connectivity index (χ2n) is 5.59. The van der Waals surface area contributed by atoms with E-state index in [1.165, 1.54) is 11.1 Å². The summed E-state index contributed by atoms with van der Waals surface area (Å²) in [6.45, 7) is 6.79. The first kappa shape index (κ1) is 15.5. The monoisotopic (exact) mass is 281 g/mol. The molecule has 0 spiro atoms. The van der Waals surface area contributed by atoms with E-state index < -0.39 is 0 Å². The molecule has 21 heavy (non-hydrogen) atoms. The van der Waals surface area contributed by atoms with Crippen LogP contribution >= 0.6 is 0 Å². The van der Waals surface area contributed by atoms with E-state index in [1.54, 1.807) is 0 Å². The number of carbonyl (C=O) groups excluding carboxylic acids is 1. The lowest BCUT2D eigenvalue weighted by atomic mass is 9.98. The third-order valence-corrected chi connectivity index (χ3v) is 3.75. The highest BCUT2D eigenvalue weighted by atomic mass is 16.1. The molecule has 0 heterocycles. The molecule has 0 bridgehead atoms. The molecule has 2 aromatic carbocycles. The van der Waals surface area contributed by atoms with Gasteiger partial charge in [0.15, 0.2) is 5.78 Å². The summed E-state index contributed by atoms with van der Waals surface area (Å²) in [6.07, 6.45) is 0.936. The Labute approximate surface area is 127 Å². The predicted molar refractivity (Wildman–Crippen MR) is 87.9 cm³/mol. The number of ketones is 1. The molecule has 0 aliphatic heterocycles. The second-order valence-corrected chi connectivity index (χ2v) is 5.59. The van der Waals surface area contributed by atoms with E-state index in [1.807, 2.05) is 51.1 Å². The summed E-state index contributed by atoms with van der Waals surface area (Å²) in [5, 5.41) is 3.32. The van der Waals surface area contributed by atoms with Crippen molar-refractivity contribution in [1.82, 2.24) is 5.32 Å². The standard InChI is InChI=1S/C19H23NO/c1-14-9-10-18(15(2)13-14)19(21)16(3)20-12-11-17-7-5-4-6-8-17/h4-10,13,16,20H,11-12H2,1-3H3. The highest BCUT2D eigenvalue weighted by Crippen LogP contribution is 2.13. The van der Waals surface area contributed by atoms with Crippen LogP contribution in [0.1, 0.15) is 34.0 Å². The average Bonchev–Trinajstić information content (AvgIpc) is 2.47. The maximum atomic E-state index is 12.5. The summed E-state index contributed by atoms with van der Waals surface area (Å²) in [6, 6.07) is 16.2. The van der Waals surface area contributed by atoms with Crippen LogP contribution in [0.3, 0.4) is 0 Å². The molecule has 2 nitrogen and oxygen atoms in total. The smallest absolute Gasteiger partial charge is 0.179 e. The zero-order chi connectivity index (χ0) is 15.2. The van der Waals surface area contributed by atoms with Gasteiger partial charge in [0.1, 0.15) is 0 Å². The summed E-state index contributed by atoms with van der Waals surface area (Å²) >= 11 is 0. The Kier molecular flexibility index (Phi) is 5.29. The van der Waals surface area contributed by atoms with Gasteiger partial charge in [-0.2, -0.15) is 0 Å². The molecule has 0 fully saturated rings. The highest BCUT2D eigenvalue weighted by Gasteiger charge is 2.16. The molecule has 1 atom stereocenters. The van der Waals surface area contributed by atoms with Gasteiger partial charge in [0.05, 0.1) is 6.04 Å². The highest BCUT2D eigenvalue weighted by molar-refractivity contribution is 6.01. The van der Waals surface area contributed by atoms with E-state index in [4.69, 9.17) is 0 Å². The second kappa shape index (κ2) is 7.19. The van der Waals surface area contributed by atoms with Crippen LogP contribution < -0.4 is 5.32 Å². The van der Waals surface area contributed by atoms with Gasteiger partial charge in [-0.15, -0.1) is 0 Å². The molecule has 2 rings (SSSR count). The molecular weight excluding hydrogens is 258 g/mol. The molecule has 0 saturated carbocycles. The molecule has 0 amide bonds. The van der Waals surface area contributed by atoms with Crippen LogP contribution in [0.15, 0.2) is 48.5 Å². The van der Waals surface area contributed by atoms with Crippen molar-refractivity contribution < 1.29 is 4.79 Å². The Hall–Kier alpha value is -1.93. The van der Waals surface area contributed by atoms with Gasteiger partial charge in [0.2, 0.25) is 0 Å². The van der Waals surface area contributed by atoms with E-state index in [2.05, 4.69) is 23.5 Å². The molecule has 0 aromatic heterocycles. The van der Waals surface area contributed by atoms with Crippen molar-refractivity contribution in [2.24, 2.45) is 0 Å². The normalized spacial score (nSPS) is 12.1. The Balaban J connectivity index is 1.90. The van der Waals surface area contributed by atoms with Crippen LogP contribution in [-0.2, 0) is 6.42 Å². The van der Waals surface area contributed by atoms with Crippen LogP contribution in [0.5, 0.6) is 0 Å². The van der Waals surface area contributed by atoms with Crippen LogP contribution in [0, 0.1) is 13.8 Å². The van der Waals surface area contributed by atoms with E-state index in [0.717, 1.165) is 24.1 Å².